The first-order chi connectivity index (χ1) is 11.0. The van der Waals surface area contributed by atoms with Crippen LogP contribution >= 0.6 is 0 Å². The van der Waals surface area contributed by atoms with Crippen LogP contribution in [0, 0.1) is 0 Å². The molecular weight excluding hydrogens is 318 g/mol. The quantitative estimate of drug-likeness (QED) is 0.830. The average molecular weight is 337 g/mol. The number of hydrogen-bond donors (Lipinski definition) is 1. The summed E-state index contributed by atoms with van der Waals surface area (Å²) in [6, 6.07) is 2.65. The van der Waals surface area contributed by atoms with Gasteiger partial charge < -0.3 is 14.4 Å². The lowest BCUT2D eigenvalue weighted by molar-refractivity contribution is 0.0965. The van der Waals surface area contributed by atoms with Crippen molar-refractivity contribution in [3.05, 3.63) is 17.2 Å². The Morgan fingerprint density at radius 1 is 1.30 bits per heavy atom. The van der Waals surface area contributed by atoms with Gasteiger partial charge in [-0.1, -0.05) is 0 Å². The van der Waals surface area contributed by atoms with Gasteiger partial charge in [-0.3, -0.25) is 4.79 Å². The predicted octanol–water partition coefficient (Wildman–Crippen LogP) is 1.18. The Labute approximate surface area is 135 Å². The highest BCUT2D eigenvalue weighted by molar-refractivity contribution is 7.87. The molecule has 2 bridgehead atoms. The lowest BCUT2D eigenvalue weighted by Gasteiger charge is -2.24. The molecule has 2 saturated heterocycles. The van der Waals surface area contributed by atoms with Crippen LogP contribution in [0.3, 0.4) is 0 Å². The monoisotopic (exact) mass is 337 g/mol. The van der Waals surface area contributed by atoms with Gasteiger partial charge in [0.15, 0.2) is 0 Å². The summed E-state index contributed by atoms with van der Waals surface area (Å²) in [4.78, 5) is 18.7. The van der Waals surface area contributed by atoms with Gasteiger partial charge in [-0.05, 0) is 38.7 Å². The van der Waals surface area contributed by atoms with E-state index in [9.17, 15) is 13.2 Å². The molecule has 1 N–H and O–H groups in total. The molecule has 3 aliphatic rings. The van der Waals surface area contributed by atoms with Crippen molar-refractivity contribution in [1.29, 1.82) is 0 Å². The smallest absolute Gasteiger partial charge is 0.310 e. The average Bonchev–Trinajstić information content (AvgIpc) is 3.22. The normalized spacial score (nSPS) is 25.6. The van der Waals surface area contributed by atoms with Gasteiger partial charge in [0.05, 0.1) is 11.3 Å². The molecule has 0 radical (unpaired) electrons. The molecule has 2 fully saturated rings. The predicted molar refractivity (Wildman–Crippen MR) is 84.0 cm³/mol. The van der Waals surface area contributed by atoms with Crippen molar-refractivity contribution in [1.82, 2.24) is 10.3 Å². The van der Waals surface area contributed by atoms with Gasteiger partial charge in [0.2, 0.25) is 5.88 Å². The first-order valence-corrected chi connectivity index (χ1v) is 9.59. The Bertz CT molecular complexity index is 757. The number of hydrogen-bond acceptors (Lipinski definition) is 6. The van der Waals surface area contributed by atoms with Crippen LogP contribution in [-0.4, -0.2) is 37.1 Å². The number of carbonyl (C=O) groups excluding carboxylic acids is 1. The fourth-order valence-corrected chi connectivity index (χ4v) is 4.34. The van der Waals surface area contributed by atoms with Gasteiger partial charge in [0, 0.05) is 24.2 Å². The van der Waals surface area contributed by atoms with Crippen LogP contribution in [0.1, 0.15) is 48.5 Å². The molecule has 4 heterocycles. The summed E-state index contributed by atoms with van der Waals surface area (Å²) in [7, 11) is -3.68. The maximum atomic E-state index is 12.0. The molecule has 8 heteroatoms. The molecule has 3 aliphatic heterocycles. The topological polar surface area (TPSA) is 88.6 Å². The number of amides is 1. The Morgan fingerprint density at radius 3 is 2.57 bits per heavy atom. The minimum Gasteiger partial charge on any atom is -0.361 e. The Kier molecular flexibility index (Phi) is 3.26. The number of pyridine rings is 1. The molecular formula is C15H19N3O4S. The molecule has 0 spiro atoms. The summed E-state index contributed by atoms with van der Waals surface area (Å²) in [5.74, 6) is 0.370. The Morgan fingerprint density at radius 2 is 1.96 bits per heavy atom. The van der Waals surface area contributed by atoms with E-state index in [1.807, 2.05) is 0 Å². The lowest BCUT2D eigenvalue weighted by Crippen LogP contribution is -2.29. The molecule has 4 rings (SSSR count). The van der Waals surface area contributed by atoms with Gasteiger partial charge in [0.25, 0.3) is 5.91 Å². The van der Waals surface area contributed by atoms with Crippen LogP contribution in [0.2, 0.25) is 0 Å². The van der Waals surface area contributed by atoms with Crippen molar-refractivity contribution in [2.24, 2.45) is 0 Å². The molecule has 0 aromatic carbocycles. The zero-order chi connectivity index (χ0) is 16.2. The molecule has 1 aromatic heterocycles. The van der Waals surface area contributed by atoms with Crippen LogP contribution in [0.4, 0.5) is 5.82 Å². The zero-order valence-electron chi connectivity index (χ0n) is 12.9. The number of rotatable bonds is 4. The first kappa shape index (κ1) is 14.7. The van der Waals surface area contributed by atoms with Crippen molar-refractivity contribution in [3.63, 3.8) is 0 Å². The molecule has 1 aromatic rings. The van der Waals surface area contributed by atoms with Crippen LogP contribution in [0.5, 0.6) is 5.88 Å². The SMILES string of the molecule is CCS(=O)(=O)Oc1nc(N2C3CCC2CC3)cc2c1CNC2=O. The number of aromatic nitrogens is 1. The van der Waals surface area contributed by atoms with E-state index in [1.54, 1.807) is 6.07 Å². The van der Waals surface area contributed by atoms with Gasteiger partial charge in [-0.15, -0.1) is 0 Å². The highest BCUT2D eigenvalue weighted by atomic mass is 32.2. The largest absolute Gasteiger partial charge is 0.361 e. The van der Waals surface area contributed by atoms with Crippen LogP contribution in [-0.2, 0) is 16.7 Å². The summed E-state index contributed by atoms with van der Waals surface area (Å²) in [5.41, 5.74) is 1.00. The standard InChI is InChI=1S/C15H19N3O4S/c1-2-23(20,21)22-15-12-8-16-14(19)11(12)7-13(17-15)18-9-3-4-10(18)6-5-9/h7,9-10H,2-6,8H2,1H3,(H,16,19). The minimum atomic E-state index is -3.68. The van der Waals surface area contributed by atoms with E-state index >= 15 is 0 Å². The fraction of sp³-hybridized carbons (Fsp3) is 0.600. The lowest BCUT2D eigenvalue weighted by atomic mass is 10.0. The van der Waals surface area contributed by atoms with Gasteiger partial charge in [-0.25, -0.2) is 0 Å². The van der Waals surface area contributed by atoms with Crippen LogP contribution in [0.25, 0.3) is 0 Å². The second kappa shape index (κ2) is 5.09. The third-order valence-electron chi connectivity index (χ3n) is 5.02. The second-order valence-corrected chi connectivity index (χ2v) is 8.15. The van der Waals surface area contributed by atoms with Crippen LogP contribution < -0.4 is 14.4 Å². The van der Waals surface area contributed by atoms with E-state index in [2.05, 4.69) is 15.2 Å². The molecule has 0 saturated carbocycles. The van der Waals surface area contributed by atoms with Gasteiger partial charge in [0.1, 0.15) is 5.82 Å². The number of carbonyl (C=O) groups is 1. The fourth-order valence-electron chi connectivity index (χ4n) is 3.84. The Hall–Kier alpha value is -1.83. The third kappa shape index (κ3) is 2.36. The third-order valence-corrected chi connectivity index (χ3v) is 6.14. The highest BCUT2D eigenvalue weighted by Crippen LogP contribution is 2.42. The summed E-state index contributed by atoms with van der Waals surface area (Å²) in [6.45, 7) is 1.77. The molecule has 23 heavy (non-hydrogen) atoms. The summed E-state index contributed by atoms with van der Waals surface area (Å²) >= 11 is 0. The van der Waals surface area contributed by atoms with Crippen molar-refractivity contribution in [2.75, 3.05) is 10.7 Å². The van der Waals surface area contributed by atoms with E-state index in [-0.39, 0.29) is 24.1 Å². The maximum Gasteiger partial charge on any atom is 0.310 e. The summed E-state index contributed by atoms with van der Waals surface area (Å²) in [5, 5.41) is 2.71. The van der Waals surface area contributed by atoms with Crippen LogP contribution in [0.15, 0.2) is 6.07 Å². The molecule has 0 atom stereocenters. The van der Waals surface area contributed by atoms with Gasteiger partial charge in [-0.2, -0.15) is 13.4 Å². The molecule has 1 amide bonds. The number of nitrogens with zero attached hydrogens (tertiary/aromatic N) is 2. The first-order valence-electron chi connectivity index (χ1n) is 8.01. The molecule has 0 aliphatic carbocycles. The molecule has 7 nitrogen and oxygen atoms in total. The zero-order valence-corrected chi connectivity index (χ0v) is 13.7. The van der Waals surface area contributed by atoms with E-state index in [4.69, 9.17) is 4.18 Å². The second-order valence-electron chi connectivity index (χ2n) is 6.29. The summed E-state index contributed by atoms with van der Waals surface area (Å²) < 4.78 is 28.9. The minimum absolute atomic E-state index is 0.0454. The van der Waals surface area contributed by atoms with E-state index < -0.39 is 10.1 Å². The number of fused-ring (bicyclic) bond motifs is 3. The van der Waals surface area contributed by atoms with Crippen molar-refractivity contribution in [2.45, 2.75) is 51.2 Å². The molecule has 0 unspecified atom stereocenters. The van der Waals surface area contributed by atoms with Crippen molar-refractivity contribution in [3.8, 4) is 5.88 Å². The van der Waals surface area contributed by atoms with Crippen molar-refractivity contribution < 1.29 is 17.4 Å². The maximum absolute atomic E-state index is 12.0. The summed E-state index contributed by atoms with van der Waals surface area (Å²) in [6.07, 6.45) is 4.50. The molecule has 124 valence electrons. The van der Waals surface area contributed by atoms with Gasteiger partial charge >= 0.3 is 10.1 Å². The van der Waals surface area contributed by atoms with Crippen molar-refractivity contribution >= 4 is 21.8 Å². The Balaban J connectivity index is 1.79. The van der Waals surface area contributed by atoms with E-state index in [1.165, 1.54) is 6.92 Å². The highest BCUT2D eigenvalue weighted by Gasteiger charge is 2.41. The van der Waals surface area contributed by atoms with E-state index in [0.717, 1.165) is 25.7 Å². The van der Waals surface area contributed by atoms with E-state index in [0.29, 0.717) is 29.0 Å². The number of anilines is 1. The number of nitrogens with one attached hydrogen (secondary N) is 1.